The third-order valence-electron chi connectivity index (χ3n) is 4.69. The van der Waals surface area contributed by atoms with Crippen molar-refractivity contribution in [2.24, 2.45) is 0 Å². The van der Waals surface area contributed by atoms with Crippen LogP contribution in [0.4, 0.5) is 10.5 Å². The Kier molecular flexibility index (Phi) is 5.19. The zero-order valence-corrected chi connectivity index (χ0v) is 14.3. The molecule has 132 valence electrons. The van der Waals surface area contributed by atoms with Crippen LogP contribution in [0.3, 0.4) is 0 Å². The van der Waals surface area contributed by atoms with E-state index in [-0.39, 0.29) is 18.0 Å². The second-order valence-electron chi connectivity index (χ2n) is 6.39. The predicted octanol–water partition coefficient (Wildman–Crippen LogP) is 1.72. The largest absolute Gasteiger partial charge is 0.368 e. The molecular formula is C18H22N4O3. The minimum Gasteiger partial charge on any atom is -0.368 e. The van der Waals surface area contributed by atoms with E-state index in [2.05, 4.69) is 11.4 Å². The minimum atomic E-state index is -0.309. The van der Waals surface area contributed by atoms with Crippen LogP contribution in [-0.2, 0) is 9.53 Å². The first-order chi connectivity index (χ1) is 12.1. The first-order valence-corrected chi connectivity index (χ1v) is 8.55. The molecule has 7 heteroatoms. The van der Waals surface area contributed by atoms with Gasteiger partial charge in [0.05, 0.1) is 11.6 Å². The molecule has 1 atom stereocenters. The zero-order valence-electron chi connectivity index (χ0n) is 14.3. The zero-order chi connectivity index (χ0) is 17.8. The van der Waals surface area contributed by atoms with Gasteiger partial charge >= 0.3 is 6.03 Å². The molecule has 2 heterocycles. The van der Waals surface area contributed by atoms with Gasteiger partial charge in [-0.1, -0.05) is 6.07 Å². The highest BCUT2D eigenvalue weighted by molar-refractivity contribution is 5.90. The summed E-state index contributed by atoms with van der Waals surface area (Å²) in [4.78, 5) is 28.3. The van der Waals surface area contributed by atoms with Crippen LogP contribution < -0.4 is 5.32 Å². The van der Waals surface area contributed by atoms with Crippen LogP contribution in [0.15, 0.2) is 18.2 Å². The van der Waals surface area contributed by atoms with Gasteiger partial charge in [0.1, 0.15) is 6.10 Å². The number of nitrogens with one attached hydrogen (secondary N) is 1. The van der Waals surface area contributed by atoms with Crippen LogP contribution in [0.25, 0.3) is 0 Å². The van der Waals surface area contributed by atoms with Gasteiger partial charge in [-0.25, -0.2) is 4.79 Å². The second kappa shape index (κ2) is 7.53. The maximum absolute atomic E-state index is 12.5. The van der Waals surface area contributed by atoms with Crippen molar-refractivity contribution in [1.82, 2.24) is 9.80 Å². The number of ether oxygens (including phenoxy) is 1. The summed E-state index contributed by atoms with van der Waals surface area (Å²) in [5.74, 6) is 0.0372. The highest BCUT2D eigenvalue weighted by Gasteiger charge is 2.31. The summed E-state index contributed by atoms with van der Waals surface area (Å²) >= 11 is 0. The molecule has 3 rings (SSSR count). The average molecular weight is 342 g/mol. The Morgan fingerprint density at radius 3 is 2.60 bits per heavy atom. The number of aryl methyl sites for hydroxylation is 1. The fraction of sp³-hybridized carbons (Fsp3) is 0.500. The molecule has 25 heavy (non-hydrogen) atoms. The average Bonchev–Trinajstić information content (AvgIpc) is 3.17. The van der Waals surface area contributed by atoms with E-state index < -0.39 is 0 Å². The van der Waals surface area contributed by atoms with Gasteiger partial charge in [-0.05, 0) is 37.5 Å². The Labute approximate surface area is 147 Å². The van der Waals surface area contributed by atoms with Crippen molar-refractivity contribution in [3.8, 4) is 6.07 Å². The molecule has 1 N–H and O–H groups in total. The van der Waals surface area contributed by atoms with E-state index in [0.717, 1.165) is 18.4 Å². The van der Waals surface area contributed by atoms with E-state index in [0.29, 0.717) is 44.0 Å². The fourth-order valence-corrected chi connectivity index (χ4v) is 3.13. The predicted molar refractivity (Wildman–Crippen MR) is 92.0 cm³/mol. The molecule has 0 aliphatic carbocycles. The summed E-state index contributed by atoms with van der Waals surface area (Å²) < 4.78 is 5.45. The van der Waals surface area contributed by atoms with Gasteiger partial charge in [0, 0.05) is 38.5 Å². The number of carbonyl (C=O) groups is 2. The second-order valence-corrected chi connectivity index (χ2v) is 6.39. The summed E-state index contributed by atoms with van der Waals surface area (Å²) in [6, 6.07) is 7.07. The smallest absolute Gasteiger partial charge is 0.321 e. The van der Waals surface area contributed by atoms with Crippen molar-refractivity contribution in [2.75, 3.05) is 38.1 Å². The molecule has 0 aromatic heterocycles. The summed E-state index contributed by atoms with van der Waals surface area (Å²) in [6.45, 7) is 4.55. The molecule has 2 saturated heterocycles. The third-order valence-corrected chi connectivity index (χ3v) is 4.69. The first-order valence-electron chi connectivity index (χ1n) is 8.55. The lowest BCUT2D eigenvalue weighted by Gasteiger charge is -2.35. The first kappa shape index (κ1) is 17.2. The molecule has 2 aliphatic rings. The van der Waals surface area contributed by atoms with Crippen LogP contribution >= 0.6 is 0 Å². The molecule has 0 saturated carbocycles. The fourth-order valence-electron chi connectivity index (χ4n) is 3.13. The Morgan fingerprint density at radius 1 is 1.24 bits per heavy atom. The third kappa shape index (κ3) is 3.91. The van der Waals surface area contributed by atoms with Gasteiger partial charge in [-0.3, -0.25) is 4.79 Å². The van der Waals surface area contributed by atoms with Crippen molar-refractivity contribution >= 4 is 17.6 Å². The number of amides is 3. The van der Waals surface area contributed by atoms with Crippen molar-refractivity contribution in [2.45, 2.75) is 25.9 Å². The van der Waals surface area contributed by atoms with Crippen LogP contribution in [0.1, 0.15) is 24.0 Å². The lowest BCUT2D eigenvalue weighted by molar-refractivity contribution is -0.142. The quantitative estimate of drug-likeness (QED) is 0.887. The standard InChI is InChI=1S/C18H22N4O3/c1-13-4-5-14(12-19)11-15(13)20-18(24)22-8-6-21(7-9-22)17(23)16-3-2-10-25-16/h4-5,11,16H,2-3,6-10H2,1H3,(H,20,24)/t16-/m0/s1. The van der Waals surface area contributed by atoms with E-state index >= 15 is 0 Å². The van der Waals surface area contributed by atoms with E-state index in [1.54, 1.807) is 21.9 Å². The van der Waals surface area contributed by atoms with Gasteiger partial charge in [-0.15, -0.1) is 0 Å². The lowest BCUT2D eigenvalue weighted by atomic mass is 10.1. The van der Waals surface area contributed by atoms with E-state index in [4.69, 9.17) is 10.00 Å². The van der Waals surface area contributed by atoms with Gasteiger partial charge in [-0.2, -0.15) is 5.26 Å². The van der Waals surface area contributed by atoms with Crippen molar-refractivity contribution < 1.29 is 14.3 Å². The monoisotopic (exact) mass is 342 g/mol. The Bertz CT molecular complexity index is 699. The van der Waals surface area contributed by atoms with Crippen molar-refractivity contribution in [1.29, 1.82) is 5.26 Å². The maximum atomic E-state index is 12.5. The van der Waals surface area contributed by atoms with E-state index in [9.17, 15) is 9.59 Å². The summed E-state index contributed by atoms with van der Waals surface area (Å²) in [6.07, 6.45) is 1.41. The van der Waals surface area contributed by atoms with Crippen LogP contribution in [0, 0.1) is 18.3 Å². The Hall–Kier alpha value is -2.59. The molecule has 7 nitrogen and oxygen atoms in total. The summed E-state index contributed by atoms with van der Waals surface area (Å²) in [7, 11) is 0. The highest BCUT2D eigenvalue weighted by atomic mass is 16.5. The Morgan fingerprint density at radius 2 is 1.96 bits per heavy atom. The molecule has 2 fully saturated rings. The Balaban J connectivity index is 1.55. The van der Waals surface area contributed by atoms with E-state index in [1.807, 2.05) is 13.0 Å². The molecule has 1 aromatic rings. The number of piperazine rings is 1. The SMILES string of the molecule is Cc1ccc(C#N)cc1NC(=O)N1CCN(C(=O)[C@@H]2CCCO2)CC1. The number of anilines is 1. The topological polar surface area (TPSA) is 85.7 Å². The van der Waals surface area contributed by atoms with Crippen molar-refractivity contribution in [3.05, 3.63) is 29.3 Å². The molecule has 1 aromatic carbocycles. The molecule has 0 bridgehead atoms. The van der Waals surface area contributed by atoms with Gasteiger partial charge in [0.2, 0.25) is 0 Å². The number of rotatable bonds is 2. The lowest BCUT2D eigenvalue weighted by Crippen LogP contribution is -2.53. The summed E-state index contributed by atoms with van der Waals surface area (Å²) in [5, 5.41) is 11.8. The number of nitrogens with zero attached hydrogens (tertiary/aromatic N) is 3. The molecule has 3 amide bonds. The number of benzene rings is 1. The van der Waals surface area contributed by atoms with Crippen LogP contribution in [0.5, 0.6) is 0 Å². The van der Waals surface area contributed by atoms with Gasteiger partial charge in [0.25, 0.3) is 5.91 Å². The molecular weight excluding hydrogens is 320 g/mol. The minimum absolute atomic E-state index is 0.0372. The molecule has 0 spiro atoms. The number of carbonyl (C=O) groups excluding carboxylic acids is 2. The molecule has 2 aliphatic heterocycles. The number of hydrogen-bond donors (Lipinski definition) is 1. The van der Waals surface area contributed by atoms with Crippen molar-refractivity contribution in [3.63, 3.8) is 0 Å². The maximum Gasteiger partial charge on any atom is 0.321 e. The summed E-state index contributed by atoms with van der Waals surface area (Å²) in [5.41, 5.74) is 2.05. The van der Waals surface area contributed by atoms with E-state index in [1.165, 1.54) is 0 Å². The van der Waals surface area contributed by atoms with Gasteiger partial charge in [0.15, 0.2) is 0 Å². The highest BCUT2D eigenvalue weighted by Crippen LogP contribution is 2.19. The van der Waals surface area contributed by atoms with Gasteiger partial charge < -0.3 is 19.9 Å². The number of urea groups is 1. The number of nitriles is 1. The normalized spacial score (nSPS) is 20.2. The van der Waals surface area contributed by atoms with Crippen LogP contribution in [-0.4, -0.2) is 60.6 Å². The number of hydrogen-bond acceptors (Lipinski definition) is 4. The molecule has 0 unspecified atom stereocenters. The van der Waals surface area contributed by atoms with Crippen LogP contribution in [0.2, 0.25) is 0 Å². The molecule has 0 radical (unpaired) electrons.